The summed E-state index contributed by atoms with van der Waals surface area (Å²) < 4.78 is 5.24. The fraction of sp³-hybridized carbons (Fsp3) is 0.600. The molecule has 0 atom stereocenters. The smallest absolute Gasteiger partial charge is 0.332 e. The van der Waals surface area contributed by atoms with Crippen LogP contribution in [0.4, 0.5) is 5.00 Å². The summed E-state index contributed by atoms with van der Waals surface area (Å²) in [5, 5.41) is 5.81. The van der Waals surface area contributed by atoms with Gasteiger partial charge in [0.2, 0.25) is 5.91 Å². The summed E-state index contributed by atoms with van der Waals surface area (Å²) in [5.41, 5.74) is 5.76. The Bertz CT molecular complexity index is 826. The first-order chi connectivity index (χ1) is 13.8. The van der Waals surface area contributed by atoms with Crippen molar-refractivity contribution in [2.24, 2.45) is 5.73 Å². The van der Waals surface area contributed by atoms with Gasteiger partial charge >= 0.3 is 5.97 Å². The van der Waals surface area contributed by atoms with Gasteiger partial charge in [0, 0.05) is 11.8 Å². The van der Waals surface area contributed by atoms with E-state index in [0.29, 0.717) is 23.4 Å². The second kappa shape index (κ2) is 8.94. The average molecular weight is 422 g/mol. The van der Waals surface area contributed by atoms with Gasteiger partial charge in [-0.15, -0.1) is 11.3 Å². The minimum absolute atomic E-state index is 0.302. The summed E-state index contributed by atoms with van der Waals surface area (Å²) in [6, 6.07) is 0. The second-order valence-corrected chi connectivity index (χ2v) is 8.83. The van der Waals surface area contributed by atoms with Gasteiger partial charge in [-0.2, -0.15) is 0 Å². The van der Waals surface area contributed by atoms with Crippen molar-refractivity contribution in [2.75, 3.05) is 11.9 Å². The Morgan fingerprint density at radius 1 is 1.07 bits per heavy atom. The van der Waals surface area contributed by atoms with E-state index in [1.165, 1.54) is 18.3 Å². The fourth-order valence-corrected chi connectivity index (χ4v) is 5.53. The normalized spacial score (nSPS) is 17.7. The highest BCUT2D eigenvalue weighted by atomic mass is 32.1. The molecule has 1 aromatic heterocycles. The minimum atomic E-state index is -1.06. The number of thiophene rings is 1. The van der Waals surface area contributed by atoms with E-state index in [9.17, 15) is 19.2 Å². The molecule has 0 aliphatic heterocycles. The maximum Gasteiger partial charge on any atom is 0.332 e. The number of rotatable bonds is 6. The summed E-state index contributed by atoms with van der Waals surface area (Å²) in [6.45, 7) is 0.876. The molecule has 1 saturated carbocycles. The van der Waals surface area contributed by atoms with Crippen LogP contribution in [-0.4, -0.2) is 35.8 Å². The van der Waals surface area contributed by atoms with Crippen LogP contribution in [0.5, 0.6) is 0 Å². The molecular formula is C20H27N3O5S. The van der Waals surface area contributed by atoms with Crippen molar-refractivity contribution in [1.82, 2.24) is 5.32 Å². The molecule has 0 unspecified atom stereocenters. The van der Waals surface area contributed by atoms with Gasteiger partial charge in [0.15, 0.2) is 6.61 Å². The van der Waals surface area contributed by atoms with Gasteiger partial charge in [-0.1, -0.05) is 19.3 Å². The molecule has 8 nitrogen and oxygen atoms in total. The van der Waals surface area contributed by atoms with Crippen molar-refractivity contribution in [3.8, 4) is 0 Å². The summed E-state index contributed by atoms with van der Waals surface area (Å²) in [7, 11) is 0. The van der Waals surface area contributed by atoms with Crippen molar-refractivity contribution in [1.29, 1.82) is 0 Å². The monoisotopic (exact) mass is 421 g/mol. The lowest BCUT2D eigenvalue weighted by Gasteiger charge is -2.35. The van der Waals surface area contributed by atoms with E-state index < -0.39 is 29.9 Å². The van der Waals surface area contributed by atoms with Gasteiger partial charge in [-0.25, -0.2) is 4.79 Å². The first-order valence-electron chi connectivity index (χ1n) is 10.0. The maximum atomic E-state index is 12.7. The Hall–Kier alpha value is -2.42. The average Bonchev–Trinajstić information content (AvgIpc) is 3.04. The van der Waals surface area contributed by atoms with Crippen molar-refractivity contribution >= 4 is 40.0 Å². The van der Waals surface area contributed by atoms with Crippen LogP contribution in [0.1, 0.15) is 72.7 Å². The lowest BCUT2D eigenvalue weighted by Crippen LogP contribution is -2.56. The Kier molecular flexibility index (Phi) is 6.56. The molecule has 0 radical (unpaired) electrons. The number of aryl methyl sites for hydroxylation is 1. The topological polar surface area (TPSA) is 128 Å². The Morgan fingerprint density at radius 2 is 1.76 bits per heavy atom. The maximum absolute atomic E-state index is 12.7. The van der Waals surface area contributed by atoms with E-state index in [0.717, 1.165) is 55.4 Å². The largest absolute Gasteiger partial charge is 0.454 e. The summed E-state index contributed by atoms with van der Waals surface area (Å²) in [5.74, 6) is -2.00. The van der Waals surface area contributed by atoms with Crippen molar-refractivity contribution in [2.45, 2.75) is 70.3 Å². The van der Waals surface area contributed by atoms with Gasteiger partial charge in [-0.05, 0) is 44.1 Å². The lowest BCUT2D eigenvalue weighted by molar-refractivity contribution is -0.157. The van der Waals surface area contributed by atoms with Crippen molar-refractivity contribution in [3.05, 3.63) is 16.0 Å². The fourth-order valence-electron chi connectivity index (χ4n) is 4.22. The summed E-state index contributed by atoms with van der Waals surface area (Å²) in [4.78, 5) is 49.6. The molecule has 1 heterocycles. The number of carbonyl (C=O) groups excluding carboxylic acids is 4. The minimum Gasteiger partial charge on any atom is -0.454 e. The second-order valence-electron chi connectivity index (χ2n) is 7.73. The Labute approximate surface area is 173 Å². The molecule has 2 aliphatic carbocycles. The van der Waals surface area contributed by atoms with Crippen LogP contribution in [0.25, 0.3) is 0 Å². The molecule has 1 aromatic rings. The van der Waals surface area contributed by atoms with Crippen LogP contribution >= 0.6 is 11.3 Å². The number of anilines is 1. The van der Waals surface area contributed by atoms with E-state index in [-0.39, 0.29) is 5.91 Å². The standard InChI is InChI=1S/C20H27N3O5S/c1-12(24)23-20(9-5-2-6-10-20)19(27)28-11-15(25)22-18-16(17(21)26)13-7-3-4-8-14(13)29-18/h2-11H2,1H3,(H2,21,26)(H,22,25)(H,23,24). The molecule has 4 N–H and O–H groups in total. The number of amides is 3. The highest BCUT2D eigenvalue weighted by Crippen LogP contribution is 2.38. The number of primary amides is 1. The number of fused-ring (bicyclic) bond motifs is 1. The number of ether oxygens (including phenoxy) is 1. The predicted molar refractivity (Wildman–Crippen MR) is 109 cm³/mol. The molecule has 0 saturated heterocycles. The lowest BCUT2D eigenvalue weighted by atomic mass is 9.81. The number of esters is 1. The van der Waals surface area contributed by atoms with E-state index in [4.69, 9.17) is 10.5 Å². The molecule has 1 fully saturated rings. The highest BCUT2D eigenvalue weighted by molar-refractivity contribution is 7.17. The molecule has 2 aliphatic rings. The molecule has 29 heavy (non-hydrogen) atoms. The third-order valence-electron chi connectivity index (χ3n) is 5.52. The number of hydrogen-bond donors (Lipinski definition) is 3. The predicted octanol–water partition coefficient (Wildman–Crippen LogP) is 2.05. The van der Waals surface area contributed by atoms with Crippen LogP contribution in [0.15, 0.2) is 0 Å². The number of nitrogens with one attached hydrogen (secondary N) is 2. The Morgan fingerprint density at radius 3 is 2.41 bits per heavy atom. The number of nitrogens with two attached hydrogens (primary N) is 1. The van der Waals surface area contributed by atoms with Gasteiger partial charge in [-0.3, -0.25) is 14.4 Å². The van der Waals surface area contributed by atoms with Gasteiger partial charge in [0.05, 0.1) is 5.56 Å². The van der Waals surface area contributed by atoms with E-state index in [2.05, 4.69) is 10.6 Å². The highest BCUT2D eigenvalue weighted by Gasteiger charge is 2.42. The number of carbonyl (C=O) groups is 4. The van der Waals surface area contributed by atoms with Crippen molar-refractivity contribution in [3.63, 3.8) is 0 Å². The zero-order valence-electron chi connectivity index (χ0n) is 16.6. The van der Waals surface area contributed by atoms with E-state index in [1.807, 2.05) is 0 Å². The molecule has 3 amide bonds. The summed E-state index contributed by atoms with van der Waals surface area (Å²) >= 11 is 1.36. The third kappa shape index (κ3) is 4.77. The van der Waals surface area contributed by atoms with E-state index >= 15 is 0 Å². The van der Waals surface area contributed by atoms with Gasteiger partial charge < -0.3 is 21.1 Å². The van der Waals surface area contributed by atoms with Crippen molar-refractivity contribution < 1.29 is 23.9 Å². The molecule has 9 heteroatoms. The SMILES string of the molecule is CC(=O)NC1(C(=O)OCC(=O)Nc2sc3c(c2C(N)=O)CCCC3)CCCCC1. The van der Waals surface area contributed by atoms with Crippen LogP contribution in [0.3, 0.4) is 0 Å². The molecule has 0 bridgehead atoms. The molecular weight excluding hydrogens is 394 g/mol. The number of hydrogen-bond acceptors (Lipinski definition) is 6. The van der Waals surface area contributed by atoms with Crippen LogP contribution in [0, 0.1) is 0 Å². The Balaban J connectivity index is 1.65. The van der Waals surface area contributed by atoms with Gasteiger partial charge in [0.1, 0.15) is 10.5 Å². The van der Waals surface area contributed by atoms with E-state index in [1.54, 1.807) is 0 Å². The molecule has 3 rings (SSSR count). The first kappa shape index (κ1) is 21.3. The quantitative estimate of drug-likeness (QED) is 0.606. The molecule has 0 spiro atoms. The molecule has 158 valence electrons. The van der Waals surface area contributed by atoms with Crippen LogP contribution in [-0.2, 0) is 32.0 Å². The zero-order chi connectivity index (χ0) is 21.0. The zero-order valence-corrected chi connectivity index (χ0v) is 17.4. The molecule has 0 aromatic carbocycles. The third-order valence-corrected chi connectivity index (χ3v) is 6.73. The summed E-state index contributed by atoms with van der Waals surface area (Å²) in [6.07, 6.45) is 7.27. The van der Waals surface area contributed by atoms with Crippen LogP contribution in [0.2, 0.25) is 0 Å². The first-order valence-corrected chi connectivity index (χ1v) is 10.8. The van der Waals surface area contributed by atoms with Crippen LogP contribution < -0.4 is 16.4 Å². The van der Waals surface area contributed by atoms with Gasteiger partial charge in [0.25, 0.3) is 11.8 Å².